The molecule has 152 valence electrons. The molecule has 1 fully saturated rings. The lowest BCUT2D eigenvalue weighted by Gasteiger charge is -2.21. The number of anilines is 1. The molecule has 0 spiro atoms. The van der Waals surface area contributed by atoms with Crippen LogP contribution in [-0.4, -0.2) is 68.5 Å². The van der Waals surface area contributed by atoms with Gasteiger partial charge < -0.3 is 9.80 Å². The number of nitrogens with one attached hydrogen (secondary N) is 1. The highest BCUT2D eigenvalue weighted by Gasteiger charge is 2.24. The van der Waals surface area contributed by atoms with Gasteiger partial charge in [0.05, 0.1) is 34.3 Å². The smallest absolute Gasteiger partial charge is 0.140 e. The van der Waals surface area contributed by atoms with Crippen LogP contribution in [0, 0.1) is 6.92 Å². The molecule has 0 aromatic carbocycles. The standard InChI is InChI=1S/C22H24N8/c1-14-5-4-6-18(24-14)21-22(27-28-26-21)19-8-7-17-20(25-19)11-16(12-23-17)30-10-9-15(13-30)29(2)3/h4-8,11-12,15H,9-10,13H2,1-3H3,(H,26,27,28). The van der Waals surface area contributed by atoms with Crippen molar-refractivity contribution in [2.24, 2.45) is 0 Å². The molecule has 0 radical (unpaired) electrons. The van der Waals surface area contributed by atoms with Crippen molar-refractivity contribution in [3.8, 4) is 22.8 Å². The third-order valence-corrected chi connectivity index (χ3v) is 5.70. The van der Waals surface area contributed by atoms with Crippen molar-refractivity contribution < 1.29 is 0 Å². The van der Waals surface area contributed by atoms with E-state index in [1.54, 1.807) is 0 Å². The number of fused-ring (bicyclic) bond motifs is 1. The molecular formula is C22H24N8. The molecule has 5 heterocycles. The highest BCUT2D eigenvalue weighted by atomic mass is 15.3. The quantitative estimate of drug-likeness (QED) is 0.564. The first-order valence-corrected chi connectivity index (χ1v) is 10.1. The van der Waals surface area contributed by atoms with Gasteiger partial charge in [0.15, 0.2) is 0 Å². The number of likely N-dealkylation sites (N-methyl/N-ethyl adjacent to an activating group) is 1. The van der Waals surface area contributed by atoms with Gasteiger partial charge >= 0.3 is 0 Å². The molecule has 0 bridgehead atoms. The van der Waals surface area contributed by atoms with Crippen LogP contribution in [0.2, 0.25) is 0 Å². The Kier molecular flexibility index (Phi) is 4.63. The van der Waals surface area contributed by atoms with Crippen LogP contribution in [0.25, 0.3) is 33.8 Å². The number of rotatable bonds is 4. The largest absolute Gasteiger partial charge is 0.369 e. The fraction of sp³-hybridized carbons (Fsp3) is 0.318. The molecule has 30 heavy (non-hydrogen) atoms. The minimum absolute atomic E-state index is 0.569. The van der Waals surface area contributed by atoms with E-state index in [1.165, 1.54) is 0 Å². The normalized spacial score (nSPS) is 16.7. The number of nitrogens with zero attached hydrogens (tertiary/aromatic N) is 7. The second-order valence-electron chi connectivity index (χ2n) is 7.97. The van der Waals surface area contributed by atoms with Gasteiger partial charge in [-0.3, -0.25) is 9.97 Å². The molecule has 4 aromatic rings. The van der Waals surface area contributed by atoms with Crippen molar-refractivity contribution >= 4 is 16.7 Å². The maximum atomic E-state index is 4.86. The SMILES string of the molecule is Cc1cccc(-c2n[nH]nc2-c2ccc3ncc(N4CCC(N(C)C)C4)cc3n2)n1. The topological polar surface area (TPSA) is 86.7 Å². The van der Waals surface area contributed by atoms with E-state index in [4.69, 9.17) is 4.98 Å². The van der Waals surface area contributed by atoms with Crippen molar-refractivity contribution in [1.82, 2.24) is 35.3 Å². The second kappa shape index (κ2) is 7.46. The van der Waals surface area contributed by atoms with E-state index >= 15 is 0 Å². The lowest BCUT2D eigenvalue weighted by Crippen LogP contribution is -2.31. The van der Waals surface area contributed by atoms with Crippen LogP contribution in [0.4, 0.5) is 5.69 Å². The first-order valence-electron chi connectivity index (χ1n) is 10.1. The Balaban J connectivity index is 1.51. The molecule has 1 unspecified atom stereocenters. The average Bonchev–Trinajstić information content (AvgIpc) is 3.43. The summed E-state index contributed by atoms with van der Waals surface area (Å²) in [4.78, 5) is 18.7. The molecule has 4 aromatic heterocycles. The predicted octanol–water partition coefficient (Wildman–Crippen LogP) is 2.93. The van der Waals surface area contributed by atoms with Crippen LogP contribution in [0.1, 0.15) is 12.1 Å². The van der Waals surface area contributed by atoms with Gasteiger partial charge in [-0.15, -0.1) is 0 Å². The molecule has 5 rings (SSSR count). The van der Waals surface area contributed by atoms with Gasteiger partial charge in [-0.2, -0.15) is 15.4 Å². The molecule has 8 nitrogen and oxygen atoms in total. The molecule has 0 aliphatic carbocycles. The lowest BCUT2D eigenvalue weighted by molar-refractivity contribution is 0.315. The van der Waals surface area contributed by atoms with Crippen molar-refractivity contribution in [2.75, 3.05) is 32.1 Å². The van der Waals surface area contributed by atoms with Gasteiger partial charge in [0, 0.05) is 24.8 Å². The van der Waals surface area contributed by atoms with E-state index in [9.17, 15) is 0 Å². The Morgan fingerprint density at radius 1 is 1.00 bits per heavy atom. The number of aromatic amines is 1. The minimum atomic E-state index is 0.569. The second-order valence-corrected chi connectivity index (χ2v) is 7.97. The first-order chi connectivity index (χ1) is 14.6. The molecule has 8 heteroatoms. The maximum absolute atomic E-state index is 4.86. The summed E-state index contributed by atoms with van der Waals surface area (Å²) in [5, 5.41) is 11.4. The summed E-state index contributed by atoms with van der Waals surface area (Å²) in [5.41, 5.74) is 6.67. The van der Waals surface area contributed by atoms with Crippen molar-refractivity contribution in [3.63, 3.8) is 0 Å². The third-order valence-electron chi connectivity index (χ3n) is 5.70. The number of pyridine rings is 3. The lowest BCUT2D eigenvalue weighted by atomic mass is 10.1. The molecule has 1 N–H and O–H groups in total. The molecule has 0 amide bonds. The van der Waals surface area contributed by atoms with E-state index in [0.29, 0.717) is 17.4 Å². The summed E-state index contributed by atoms with van der Waals surface area (Å²) in [6.45, 7) is 4.00. The first kappa shape index (κ1) is 18.6. The Labute approximate surface area is 175 Å². The maximum Gasteiger partial charge on any atom is 0.140 e. The third kappa shape index (κ3) is 3.39. The summed E-state index contributed by atoms with van der Waals surface area (Å²) >= 11 is 0. The number of hydrogen-bond donors (Lipinski definition) is 1. The van der Waals surface area contributed by atoms with E-state index in [0.717, 1.165) is 53.3 Å². The summed E-state index contributed by atoms with van der Waals surface area (Å²) < 4.78 is 0. The molecular weight excluding hydrogens is 376 g/mol. The van der Waals surface area contributed by atoms with E-state index in [1.807, 2.05) is 43.5 Å². The van der Waals surface area contributed by atoms with E-state index in [2.05, 4.69) is 55.3 Å². The van der Waals surface area contributed by atoms with Crippen molar-refractivity contribution in [1.29, 1.82) is 0 Å². The van der Waals surface area contributed by atoms with Gasteiger partial charge in [-0.1, -0.05) is 6.07 Å². The summed E-state index contributed by atoms with van der Waals surface area (Å²) in [6, 6.07) is 12.5. The van der Waals surface area contributed by atoms with E-state index < -0.39 is 0 Å². The van der Waals surface area contributed by atoms with Gasteiger partial charge in [0.1, 0.15) is 11.4 Å². The molecule has 0 saturated carbocycles. The van der Waals surface area contributed by atoms with Crippen LogP contribution in [-0.2, 0) is 0 Å². The molecule has 1 aliphatic rings. The Morgan fingerprint density at radius 2 is 1.80 bits per heavy atom. The summed E-state index contributed by atoms with van der Waals surface area (Å²) in [5.74, 6) is 0. The molecule has 1 saturated heterocycles. The zero-order valence-electron chi connectivity index (χ0n) is 17.4. The highest BCUT2D eigenvalue weighted by molar-refractivity contribution is 5.82. The monoisotopic (exact) mass is 400 g/mol. The highest BCUT2D eigenvalue weighted by Crippen LogP contribution is 2.29. The van der Waals surface area contributed by atoms with Crippen LogP contribution in [0.5, 0.6) is 0 Å². The van der Waals surface area contributed by atoms with Crippen LogP contribution < -0.4 is 4.90 Å². The fourth-order valence-electron chi connectivity index (χ4n) is 3.96. The summed E-state index contributed by atoms with van der Waals surface area (Å²) in [7, 11) is 4.28. The summed E-state index contributed by atoms with van der Waals surface area (Å²) in [6.07, 6.45) is 3.10. The van der Waals surface area contributed by atoms with Gasteiger partial charge in [-0.25, -0.2) is 4.98 Å². The van der Waals surface area contributed by atoms with Crippen molar-refractivity contribution in [3.05, 3.63) is 48.3 Å². The van der Waals surface area contributed by atoms with Gasteiger partial charge in [0.25, 0.3) is 0 Å². The van der Waals surface area contributed by atoms with E-state index in [-0.39, 0.29) is 0 Å². The Morgan fingerprint density at radius 3 is 2.53 bits per heavy atom. The predicted molar refractivity (Wildman–Crippen MR) is 117 cm³/mol. The Hall–Kier alpha value is -3.39. The van der Waals surface area contributed by atoms with Crippen molar-refractivity contribution in [2.45, 2.75) is 19.4 Å². The zero-order chi connectivity index (χ0) is 20.7. The van der Waals surface area contributed by atoms with Gasteiger partial charge in [-0.05, 0) is 57.8 Å². The number of aromatic nitrogens is 6. The van der Waals surface area contributed by atoms with Gasteiger partial charge in [0.2, 0.25) is 0 Å². The Bertz CT molecular complexity index is 1200. The van der Waals surface area contributed by atoms with Crippen LogP contribution >= 0.6 is 0 Å². The van der Waals surface area contributed by atoms with Crippen LogP contribution in [0.3, 0.4) is 0 Å². The zero-order valence-corrected chi connectivity index (χ0v) is 17.4. The molecule has 1 aliphatic heterocycles. The minimum Gasteiger partial charge on any atom is -0.369 e. The molecule has 1 atom stereocenters. The number of H-pyrrole nitrogens is 1. The van der Waals surface area contributed by atoms with Crippen LogP contribution in [0.15, 0.2) is 42.6 Å². The average molecular weight is 400 g/mol. The number of aryl methyl sites for hydroxylation is 1. The number of hydrogen-bond acceptors (Lipinski definition) is 7. The fourth-order valence-corrected chi connectivity index (χ4v) is 3.96.